The molecule has 0 saturated heterocycles. The van der Waals surface area contributed by atoms with Gasteiger partial charge in [0.25, 0.3) is 0 Å². The van der Waals surface area contributed by atoms with Gasteiger partial charge in [0.1, 0.15) is 11.2 Å². The minimum Gasteiger partial charge on any atom is -0.481 e. The van der Waals surface area contributed by atoms with E-state index in [9.17, 15) is 9.90 Å². The molecule has 3 heteroatoms. The standard InChI is InChI=1S/C30H23FO2/c1-30(29(32)33,26-18-6-7-19-27(26)31)28(24-16-8-12-20-10-2-4-14-22(20)24)25-17-9-13-21-11-3-5-15-23(21)25/h2-19,28H,1H3,(H,32,33). The Morgan fingerprint density at radius 1 is 0.697 bits per heavy atom. The Morgan fingerprint density at radius 2 is 1.15 bits per heavy atom. The second kappa shape index (κ2) is 8.18. The average Bonchev–Trinajstić information content (AvgIpc) is 2.84. The lowest BCUT2D eigenvalue weighted by Crippen LogP contribution is -2.40. The molecule has 0 saturated carbocycles. The molecule has 0 heterocycles. The van der Waals surface area contributed by atoms with Crippen molar-refractivity contribution in [3.05, 3.63) is 132 Å². The van der Waals surface area contributed by atoms with Crippen LogP contribution in [0.1, 0.15) is 29.5 Å². The molecule has 0 aliphatic rings. The van der Waals surface area contributed by atoms with Crippen molar-refractivity contribution >= 4 is 27.5 Å². The third-order valence-corrected chi connectivity index (χ3v) is 6.72. The number of benzene rings is 5. The molecule has 0 aliphatic heterocycles. The lowest BCUT2D eigenvalue weighted by Gasteiger charge is -2.36. The van der Waals surface area contributed by atoms with Crippen LogP contribution in [0.5, 0.6) is 0 Å². The van der Waals surface area contributed by atoms with Gasteiger partial charge in [-0.25, -0.2) is 4.39 Å². The van der Waals surface area contributed by atoms with E-state index in [2.05, 4.69) is 0 Å². The number of hydrogen-bond acceptors (Lipinski definition) is 1. The third kappa shape index (κ3) is 3.37. The van der Waals surface area contributed by atoms with Crippen LogP contribution in [0.4, 0.5) is 4.39 Å². The van der Waals surface area contributed by atoms with E-state index in [4.69, 9.17) is 0 Å². The maximum absolute atomic E-state index is 15.2. The summed E-state index contributed by atoms with van der Waals surface area (Å²) in [5.41, 5.74) is 0.332. The first-order chi connectivity index (χ1) is 16.0. The Bertz CT molecular complexity index is 1400. The zero-order valence-corrected chi connectivity index (χ0v) is 18.2. The highest BCUT2D eigenvalue weighted by Gasteiger charge is 2.47. The minimum absolute atomic E-state index is 0.170. The maximum atomic E-state index is 15.2. The zero-order valence-electron chi connectivity index (χ0n) is 18.2. The summed E-state index contributed by atoms with van der Waals surface area (Å²) in [5, 5.41) is 14.6. The molecule has 2 nitrogen and oxygen atoms in total. The van der Waals surface area contributed by atoms with Crippen LogP contribution in [-0.2, 0) is 10.2 Å². The second-order valence-electron chi connectivity index (χ2n) is 8.56. The van der Waals surface area contributed by atoms with Crippen molar-refractivity contribution in [2.75, 3.05) is 0 Å². The van der Waals surface area contributed by atoms with E-state index >= 15 is 4.39 Å². The SMILES string of the molecule is CC(C(=O)O)(c1ccccc1F)C(c1cccc2ccccc12)c1cccc2ccccc12. The Kier molecular flexibility index (Phi) is 5.18. The van der Waals surface area contributed by atoms with Crippen LogP contribution in [0.3, 0.4) is 0 Å². The van der Waals surface area contributed by atoms with Crippen LogP contribution in [0.25, 0.3) is 21.5 Å². The predicted molar refractivity (Wildman–Crippen MR) is 131 cm³/mol. The van der Waals surface area contributed by atoms with Crippen LogP contribution in [0.15, 0.2) is 109 Å². The van der Waals surface area contributed by atoms with E-state index in [0.29, 0.717) is 0 Å². The quantitative estimate of drug-likeness (QED) is 0.315. The summed E-state index contributed by atoms with van der Waals surface area (Å²) in [6, 6.07) is 33.9. The topological polar surface area (TPSA) is 37.3 Å². The molecule has 5 aromatic carbocycles. The lowest BCUT2D eigenvalue weighted by molar-refractivity contribution is -0.143. The van der Waals surface area contributed by atoms with Crippen molar-refractivity contribution in [2.45, 2.75) is 18.3 Å². The van der Waals surface area contributed by atoms with Crippen LogP contribution in [0.2, 0.25) is 0 Å². The highest BCUT2D eigenvalue weighted by molar-refractivity contribution is 5.94. The van der Waals surface area contributed by atoms with Gasteiger partial charge < -0.3 is 5.11 Å². The van der Waals surface area contributed by atoms with Gasteiger partial charge in [0.15, 0.2) is 0 Å². The Morgan fingerprint density at radius 3 is 1.67 bits per heavy atom. The molecule has 0 radical (unpaired) electrons. The molecule has 162 valence electrons. The molecular weight excluding hydrogens is 411 g/mol. The van der Waals surface area contributed by atoms with E-state index in [1.54, 1.807) is 25.1 Å². The fourth-order valence-electron chi connectivity index (χ4n) is 5.07. The van der Waals surface area contributed by atoms with Gasteiger partial charge in [-0.05, 0) is 45.7 Å². The molecule has 33 heavy (non-hydrogen) atoms. The number of carboxylic acids is 1. The van der Waals surface area contributed by atoms with Gasteiger partial charge in [0, 0.05) is 11.5 Å². The number of hydrogen-bond donors (Lipinski definition) is 1. The van der Waals surface area contributed by atoms with Crippen LogP contribution in [0, 0.1) is 5.82 Å². The van der Waals surface area contributed by atoms with Gasteiger partial charge in [0.05, 0.1) is 0 Å². The molecule has 0 fully saturated rings. The third-order valence-electron chi connectivity index (χ3n) is 6.72. The second-order valence-corrected chi connectivity index (χ2v) is 8.56. The van der Waals surface area contributed by atoms with E-state index in [-0.39, 0.29) is 5.56 Å². The first-order valence-corrected chi connectivity index (χ1v) is 11.0. The average molecular weight is 435 g/mol. The predicted octanol–water partition coefficient (Wildman–Crippen LogP) is 7.31. The normalized spacial score (nSPS) is 13.3. The summed E-state index contributed by atoms with van der Waals surface area (Å²) in [4.78, 5) is 13.1. The highest BCUT2D eigenvalue weighted by atomic mass is 19.1. The number of fused-ring (bicyclic) bond motifs is 2. The van der Waals surface area contributed by atoms with Crippen molar-refractivity contribution in [1.29, 1.82) is 0 Å². The van der Waals surface area contributed by atoms with Gasteiger partial charge in [-0.3, -0.25) is 4.79 Å². The molecule has 0 amide bonds. The molecule has 5 aromatic rings. The van der Waals surface area contributed by atoms with Crippen LogP contribution >= 0.6 is 0 Å². The van der Waals surface area contributed by atoms with Crippen LogP contribution < -0.4 is 0 Å². The van der Waals surface area contributed by atoms with Crippen LogP contribution in [-0.4, -0.2) is 11.1 Å². The summed E-state index contributed by atoms with van der Waals surface area (Å²) >= 11 is 0. The Labute approximate surface area is 191 Å². The van der Waals surface area contributed by atoms with Crippen molar-refractivity contribution in [3.8, 4) is 0 Å². The molecule has 0 aliphatic carbocycles. The Hall–Kier alpha value is -3.98. The highest BCUT2D eigenvalue weighted by Crippen LogP contribution is 2.48. The van der Waals surface area contributed by atoms with Gasteiger partial charge in [0.2, 0.25) is 0 Å². The molecule has 0 bridgehead atoms. The summed E-state index contributed by atoms with van der Waals surface area (Å²) in [5.74, 6) is -2.23. The van der Waals surface area contributed by atoms with Gasteiger partial charge >= 0.3 is 5.97 Å². The summed E-state index contributed by atoms with van der Waals surface area (Å²) in [7, 11) is 0. The monoisotopic (exact) mass is 434 g/mol. The molecule has 1 atom stereocenters. The van der Waals surface area contributed by atoms with E-state index in [1.165, 1.54) is 6.07 Å². The summed E-state index contributed by atoms with van der Waals surface area (Å²) in [6.07, 6.45) is 0. The number of halogens is 1. The number of carbonyl (C=O) groups is 1. The fourth-order valence-corrected chi connectivity index (χ4v) is 5.07. The zero-order chi connectivity index (χ0) is 23.0. The first kappa shape index (κ1) is 20.9. The van der Waals surface area contributed by atoms with Crippen molar-refractivity contribution in [3.63, 3.8) is 0 Å². The Balaban J connectivity index is 1.93. The van der Waals surface area contributed by atoms with E-state index in [1.807, 2.05) is 84.9 Å². The summed E-state index contributed by atoms with van der Waals surface area (Å²) < 4.78 is 15.2. The van der Waals surface area contributed by atoms with Crippen molar-refractivity contribution in [1.82, 2.24) is 0 Å². The van der Waals surface area contributed by atoms with Gasteiger partial charge in [-0.2, -0.15) is 0 Å². The number of rotatable bonds is 5. The molecule has 0 aromatic heterocycles. The van der Waals surface area contributed by atoms with E-state index in [0.717, 1.165) is 32.7 Å². The molecular formula is C30H23FO2. The van der Waals surface area contributed by atoms with E-state index < -0.39 is 23.1 Å². The van der Waals surface area contributed by atoms with Gasteiger partial charge in [-0.1, -0.05) is 103 Å². The molecule has 1 unspecified atom stereocenters. The fraction of sp³-hybridized carbons (Fsp3) is 0.100. The number of aliphatic carboxylic acids is 1. The largest absolute Gasteiger partial charge is 0.481 e. The number of carboxylic acid groups (broad SMARTS) is 1. The smallest absolute Gasteiger partial charge is 0.314 e. The molecule has 5 rings (SSSR count). The van der Waals surface area contributed by atoms with Crippen molar-refractivity contribution in [2.24, 2.45) is 0 Å². The molecule has 1 N–H and O–H groups in total. The maximum Gasteiger partial charge on any atom is 0.314 e. The van der Waals surface area contributed by atoms with Gasteiger partial charge in [-0.15, -0.1) is 0 Å². The summed E-state index contributed by atoms with van der Waals surface area (Å²) in [6.45, 7) is 1.64. The minimum atomic E-state index is -1.56. The first-order valence-electron chi connectivity index (χ1n) is 11.0. The molecule has 0 spiro atoms. The lowest BCUT2D eigenvalue weighted by atomic mass is 9.64. The van der Waals surface area contributed by atoms with Crippen molar-refractivity contribution < 1.29 is 14.3 Å².